The van der Waals surface area contributed by atoms with Crippen LogP contribution in [0.3, 0.4) is 0 Å². The zero-order valence-corrected chi connectivity index (χ0v) is 13.1. The minimum Gasteiger partial charge on any atom is -0.465 e. The van der Waals surface area contributed by atoms with Gasteiger partial charge in [0.25, 0.3) is 0 Å². The van der Waals surface area contributed by atoms with Gasteiger partial charge in [0.1, 0.15) is 0 Å². The Morgan fingerprint density at radius 2 is 2.10 bits per heavy atom. The van der Waals surface area contributed by atoms with Gasteiger partial charge in [-0.2, -0.15) is 0 Å². The molecular weight excluding hydrogens is 292 g/mol. The summed E-state index contributed by atoms with van der Waals surface area (Å²) in [4.78, 5) is 13.9. The van der Waals surface area contributed by atoms with E-state index in [9.17, 15) is 9.90 Å². The van der Waals surface area contributed by atoms with E-state index in [-0.39, 0.29) is 6.04 Å². The van der Waals surface area contributed by atoms with Gasteiger partial charge in [-0.3, -0.25) is 0 Å². The van der Waals surface area contributed by atoms with Crippen LogP contribution in [-0.4, -0.2) is 37.4 Å². The molecule has 1 aliphatic carbocycles. The molecule has 1 aromatic rings. The van der Waals surface area contributed by atoms with Crippen molar-refractivity contribution in [3.63, 3.8) is 0 Å². The highest BCUT2D eigenvalue weighted by Gasteiger charge is 2.30. The summed E-state index contributed by atoms with van der Waals surface area (Å²) in [5.41, 5.74) is 7.05. The fraction of sp³-hybridized carbons (Fsp3) is 0.533. The van der Waals surface area contributed by atoms with Gasteiger partial charge in [-0.05, 0) is 25.0 Å². The molecule has 21 heavy (non-hydrogen) atoms. The molecule has 0 spiro atoms. The number of hydrogen-bond donors (Lipinski definition) is 2. The van der Waals surface area contributed by atoms with E-state index in [0.717, 1.165) is 25.7 Å². The molecule has 2 atom stereocenters. The Morgan fingerprint density at radius 3 is 2.71 bits per heavy atom. The second-order valence-corrected chi connectivity index (χ2v) is 5.83. The Hall–Kier alpha value is -1.46. The third kappa shape index (κ3) is 3.24. The van der Waals surface area contributed by atoms with Crippen LogP contribution in [-0.2, 0) is 4.74 Å². The van der Waals surface area contributed by atoms with Gasteiger partial charge in [0.15, 0.2) is 0 Å². The molecule has 3 N–H and O–H groups in total. The zero-order valence-electron chi connectivity index (χ0n) is 12.3. The first kappa shape index (κ1) is 15.9. The topological polar surface area (TPSA) is 75.8 Å². The van der Waals surface area contributed by atoms with E-state index in [1.165, 1.54) is 7.11 Å². The van der Waals surface area contributed by atoms with Gasteiger partial charge >= 0.3 is 5.97 Å². The largest absolute Gasteiger partial charge is 0.465 e. The van der Waals surface area contributed by atoms with Crippen LogP contribution in [0.15, 0.2) is 12.1 Å². The lowest BCUT2D eigenvalue weighted by molar-refractivity contribution is 0.0600. The highest BCUT2D eigenvalue weighted by Crippen LogP contribution is 2.36. The average molecular weight is 313 g/mol. The number of esters is 1. The Bertz CT molecular complexity index is 536. The van der Waals surface area contributed by atoms with Crippen LogP contribution in [0, 0.1) is 0 Å². The van der Waals surface area contributed by atoms with Crippen LogP contribution in [0.4, 0.5) is 11.4 Å². The minimum atomic E-state index is -0.489. The Kier molecular flexibility index (Phi) is 4.96. The molecular formula is C15H21ClN2O3. The SMILES string of the molecule is COC(=O)c1cc(N)cc(Cl)c1N(C)C1CCCCC1O. The third-order valence-electron chi connectivity index (χ3n) is 4.04. The number of carbonyl (C=O) groups is 1. The normalized spacial score (nSPS) is 21.9. The molecule has 1 aliphatic rings. The predicted molar refractivity (Wildman–Crippen MR) is 83.9 cm³/mol. The van der Waals surface area contributed by atoms with Gasteiger partial charge in [-0.25, -0.2) is 4.79 Å². The molecule has 2 unspecified atom stereocenters. The van der Waals surface area contributed by atoms with E-state index in [1.54, 1.807) is 12.1 Å². The summed E-state index contributed by atoms with van der Waals surface area (Å²) in [5.74, 6) is -0.489. The molecule has 6 heteroatoms. The summed E-state index contributed by atoms with van der Waals surface area (Å²) in [7, 11) is 3.15. The van der Waals surface area contributed by atoms with Gasteiger partial charge < -0.3 is 20.5 Å². The van der Waals surface area contributed by atoms with Crippen LogP contribution >= 0.6 is 11.6 Å². The monoisotopic (exact) mass is 312 g/mol. The standard InChI is InChI=1S/C15H21ClN2O3/c1-18(12-5-3-4-6-13(12)19)14-10(15(20)21-2)7-9(17)8-11(14)16/h7-8,12-13,19H,3-6,17H2,1-2H3. The quantitative estimate of drug-likeness (QED) is 0.662. The van der Waals surface area contributed by atoms with Gasteiger partial charge in [0.05, 0.1) is 35.5 Å². The van der Waals surface area contributed by atoms with E-state index in [4.69, 9.17) is 22.1 Å². The molecule has 0 saturated heterocycles. The number of benzene rings is 1. The summed E-state index contributed by atoms with van der Waals surface area (Å²) in [6.07, 6.45) is 3.26. The second kappa shape index (κ2) is 6.54. The van der Waals surface area contributed by atoms with E-state index >= 15 is 0 Å². The van der Waals surface area contributed by atoms with Crippen LogP contribution in [0.25, 0.3) is 0 Å². The van der Waals surface area contributed by atoms with E-state index < -0.39 is 12.1 Å². The summed E-state index contributed by atoms with van der Waals surface area (Å²) >= 11 is 6.29. The summed E-state index contributed by atoms with van der Waals surface area (Å²) < 4.78 is 4.81. The second-order valence-electron chi connectivity index (χ2n) is 5.42. The molecule has 2 rings (SSSR count). The number of halogens is 1. The average Bonchev–Trinajstić information content (AvgIpc) is 2.45. The lowest BCUT2D eigenvalue weighted by atomic mass is 9.91. The van der Waals surface area contributed by atoms with Crippen molar-refractivity contribution in [2.75, 3.05) is 24.8 Å². The zero-order chi connectivity index (χ0) is 15.6. The molecule has 0 heterocycles. The molecule has 0 radical (unpaired) electrons. The molecule has 0 bridgehead atoms. The number of aliphatic hydroxyl groups excluding tert-OH is 1. The number of likely N-dealkylation sites (N-methyl/N-ethyl adjacent to an activating group) is 1. The number of nitrogens with zero attached hydrogens (tertiary/aromatic N) is 1. The van der Waals surface area contributed by atoms with Gasteiger partial charge in [0, 0.05) is 12.7 Å². The highest BCUT2D eigenvalue weighted by atomic mass is 35.5. The Morgan fingerprint density at radius 1 is 1.43 bits per heavy atom. The van der Waals surface area contributed by atoms with Crippen molar-refractivity contribution in [3.8, 4) is 0 Å². The Balaban J connectivity index is 2.43. The number of aliphatic hydroxyl groups is 1. The van der Waals surface area contributed by atoms with E-state index in [1.807, 2.05) is 11.9 Å². The maximum Gasteiger partial charge on any atom is 0.340 e. The minimum absolute atomic E-state index is 0.0664. The Labute approximate surface area is 129 Å². The lowest BCUT2D eigenvalue weighted by Crippen LogP contribution is -2.44. The lowest BCUT2D eigenvalue weighted by Gasteiger charge is -2.37. The van der Waals surface area contributed by atoms with Crippen molar-refractivity contribution in [1.82, 2.24) is 0 Å². The number of nitrogens with two attached hydrogens (primary N) is 1. The van der Waals surface area contributed by atoms with Crippen molar-refractivity contribution in [1.29, 1.82) is 0 Å². The van der Waals surface area contributed by atoms with Crippen LogP contribution in [0.5, 0.6) is 0 Å². The van der Waals surface area contributed by atoms with Gasteiger partial charge in [-0.15, -0.1) is 0 Å². The van der Waals surface area contributed by atoms with Crippen LogP contribution in [0.2, 0.25) is 5.02 Å². The smallest absolute Gasteiger partial charge is 0.340 e. The van der Waals surface area contributed by atoms with Crippen LogP contribution in [0.1, 0.15) is 36.0 Å². The van der Waals surface area contributed by atoms with Crippen molar-refractivity contribution in [2.24, 2.45) is 0 Å². The molecule has 0 aromatic heterocycles. The number of methoxy groups -OCH3 is 1. The number of ether oxygens (including phenoxy) is 1. The number of rotatable bonds is 3. The van der Waals surface area contributed by atoms with Gasteiger partial charge in [-0.1, -0.05) is 24.4 Å². The highest BCUT2D eigenvalue weighted by molar-refractivity contribution is 6.34. The first-order chi connectivity index (χ1) is 9.95. The molecule has 116 valence electrons. The first-order valence-corrected chi connectivity index (χ1v) is 7.41. The third-order valence-corrected chi connectivity index (χ3v) is 4.32. The number of nitrogen functional groups attached to an aromatic ring is 1. The van der Waals surface area contributed by atoms with Crippen molar-refractivity contribution < 1.29 is 14.6 Å². The van der Waals surface area contributed by atoms with Crippen LogP contribution < -0.4 is 10.6 Å². The van der Waals surface area contributed by atoms with E-state index in [2.05, 4.69) is 0 Å². The summed E-state index contributed by atoms with van der Waals surface area (Å²) in [6.45, 7) is 0. The fourth-order valence-corrected chi connectivity index (χ4v) is 3.31. The number of anilines is 2. The molecule has 0 aliphatic heterocycles. The van der Waals surface area contributed by atoms with Crippen molar-refractivity contribution in [3.05, 3.63) is 22.7 Å². The molecule has 1 aromatic carbocycles. The molecule has 1 saturated carbocycles. The number of hydrogen-bond acceptors (Lipinski definition) is 5. The molecule has 0 amide bonds. The van der Waals surface area contributed by atoms with Crippen molar-refractivity contribution >= 4 is 28.9 Å². The summed E-state index contributed by atoms with van der Waals surface area (Å²) in [5, 5.41) is 10.6. The maximum atomic E-state index is 12.0. The first-order valence-electron chi connectivity index (χ1n) is 7.04. The number of carbonyl (C=O) groups excluding carboxylic acids is 1. The van der Waals surface area contributed by atoms with Crippen molar-refractivity contribution in [2.45, 2.75) is 37.8 Å². The van der Waals surface area contributed by atoms with Gasteiger partial charge in [0.2, 0.25) is 0 Å². The fourth-order valence-electron chi connectivity index (χ4n) is 2.95. The maximum absolute atomic E-state index is 12.0. The molecule has 5 nitrogen and oxygen atoms in total. The molecule has 1 fully saturated rings. The summed E-state index contributed by atoms with van der Waals surface area (Å²) in [6, 6.07) is 3.09. The predicted octanol–water partition coefficient (Wildman–Crippen LogP) is 2.45. The van der Waals surface area contributed by atoms with E-state index in [0.29, 0.717) is 22.0 Å².